The highest BCUT2D eigenvalue weighted by Gasteiger charge is 2.42. The van der Waals surface area contributed by atoms with Gasteiger partial charge in [-0.15, -0.1) is 0 Å². The normalized spacial score (nSPS) is 19.0. The third-order valence-electron chi connectivity index (χ3n) is 5.75. The van der Waals surface area contributed by atoms with Gasteiger partial charge in [0.15, 0.2) is 11.5 Å². The number of rotatable bonds is 6. The van der Waals surface area contributed by atoms with Crippen molar-refractivity contribution in [1.29, 1.82) is 0 Å². The van der Waals surface area contributed by atoms with Crippen LogP contribution in [-0.4, -0.2) is 23.9 Å². The molecule has 0 N–H and O–H groups in total. The first-order valence-electron chi connectivity index (χ1n) is 11.0. The number of para-hydroxylation sites is 1. The van der Waals surface area contributed by atoms with Crippen LogP contribution in [0.1, 0.15) is 49.2 Å². The number of ether oxygens (including phenoxy) is 3. The highest BCUT2D eigenvalue weighted by molar-refractivity contribution is 6.31. The molecule has 6 heteroatoms. The summed E-state index contributed by atoms with van der Waals surface area (Å²) in [5, 5.41) is 7.70. The summed E-state index contributed by atoms with van der Waals surface area (Å²) in [4.78, 5) is 0. The van der Waals surface area contributed by atoms with Crippen molar-refractivity contribution in [2.24, 2.45) is 5.10 Å². The minimum atomic E-state index is -0.442. The predicted octanol–water partition coefficient (Wildman–Crippen LogP) is 6.38. The van der Waals surface area contributed by atoms with E-state index in [1.807, 2.05) is 67.4 Å². The zero-order valence-corrected chi connectivity index (χ0v) is 18.9. The average Bonchev–Trinajstić information content (AvgIpc) is 3.26. The van der Waals surface area contributed by atoms with Crippen LogP contribution in [-0.2, 0) is 0 Å². The topological polar surface area (TPSA) is 43.3 Å². The maximum absolute atomic E-state index is 6.58. The van der Waals surface area contributed by atoms with Gasteiger partial charge in [-0.05, 0) is 55.8 Å². The van der Waals surface area contributed by atoms with Crippen molar-refractivity contribution >= 4 is 17.3 Å². The van der Waals surface area contributed by atoms with Gasteiger partial charge in [-0.1, -0.05) is 41.9 Å². The smallest absolute Gasteiger partial charge is 0.215 e. The molecule has 0 amide bonds. The lowest BCUT2D eigenvalue weighted by Crippen LogP contribution is -2.34. The van der Waals surface area contributed by atoms with Crippen molar-refractivity contribution in [1.82, 2.24) is 5.01 Å². The quantitative estimate of drug-likeness (QED) is 0.439. The van der Waals surface area contributed by atoms with Crippen LogP contribution in [0.15, 0.2) is 71.8 Å². The Balaban J connectivity index is 1.57. The lowest BCUT2D eigenvalue weighted by atomic mass is 9.95. The van der Waals surface area contributed by atoms with Crippen LogP contribution in [0.3, 0.4) is 0 Å². The Morgan fingerprint density at radius 2 is 1.69 bits per heavy atom. The van der Waals surface area contributed by atoms with Gasteiger partial charge in [-0.25, -0.2) is 5.01 Å². The molecule has 5 nitrogen and oxygen atoms in total. The van der Waals surface area contributed by atoms with Crippen LogP contribution < -0.4 is 14.2 Å². The number of nitrogens with zero attached hydrogens (tertiary/aromatic N) is 2. The molecule has 32 heavy (non-hydrogen) atoms. The van der Waals surface area contributed by atoms with E-state index in [1.165, 1.54) is 0 Å². The van der Waals surface area contributed by atoms with E-state index in [0.717, 1.165) is 46.1 Å². The molecule has 5 rings (SSSR count). The minimum Gasteiger partial charge on any atom is -0.494 e. The largest absolute Gasteiger partial charge is 0.494 e. The van der Waals surface area contributed by atoms with E-state index >= 15 is 0 Å². The number of halogens is 1. The number of hydrogen-bond acceptors (Lipinski definition) is 5. The van der Waals surface area contributed by atoms with Crippen molar-refractivity contribution in [3.8, 4) is 17.2 Å². The first-order chi connectivity index (χ1) is 15.7. The standard InChI is InChI=1S/C26H25ClN2O3/c1-3-30-18-14-12-17(13-15-18)22-16-23-20-9-7-11-24(31-4-2)25(20)32-26(29(23)28-22)19-8-5-6-10-21(19)27/h5-15,23,26H,3-4,16H2,1-2H3. The molecule has 164 valence electrons. The van der Waals surface area contributed by atoms with Gasteiger partial charge in [0.05, 0.1) is 25.0 Å². The second-order valence-electron chi connectivity index (χ2n) is 7.70. The maximum Gasteiger partial charge on any atom is 0.215 e. The maximum atomic E-state index is 6.58. The Hall–Kier alpha value is -3.18. The number of hydrazone groups is 1. The summed E-state index contributed by atoms with van der Waals surface area (Å²) in [5.41, 5.74) is 4.04. The number of hydrogen-bond donors (Lipinski definition) is 0. The third kappa shape index (κ3) is 3.67. The second-order valence-corrected chi connectivity index (χ2v) is 8.11. The summed E-state index contributed by atoms with van der Waals surface area (Å²) >= 11 is 6.58. The molecule has 0 bridgehead atoms. The van der Waals surface area contributed by atoms with Crippen LogP contribution in [0.5, 0.6) is 17.2 Å². The van der Waals surface area contributed by atoms with E-state index in [-0.39, 0.29) is 6.04 Å². The Bertz CT molecular complexity index is 1150. The van der Waals surface area contributed by atoms with Gasteiger partial charge in [0.2, 0.25) is 6.23 Å². The molecule has 0 radical (unpaired) electrons. The van der Waals surface area contributed by atoms with Crippen molar-refractivity contribution < 1.29 is 14.2 Å². The van der Waals surface area contributed by atoms with Gasteiger partial charge in [0, 0.05) is 22.6 Å². The molecular formula is C26H25ClN2O3. The highest BCUT2D eigenvalue weighted by Crippen LogP contribution is 2.51. The van der Waals surface area contributed by atoms with Gasteiger partial charge >= 0.3 is 0 Å². The van der Waals surface area contributed by atoms with E-state index in [4.69, 9.17) is 30.9 Å². The molecule has 2 heterocycles. The molecule has 2 aliphatic rings. The zero-order valence-electron chi connectivity index (χ0n) is 18.1. The van der Waals surface area contributed by atoms with E-state index in [0.29, 0.717) is 18.2 Å². The van der Waals surface area contributed by atoms with E-state index < -0.39 is 6.23 Å². The molecule has 0 saturated carbocycles. The molecule has 0 fully saturated rings. The van der Waals surface area contributed by atoms with Crippen LogP contribution in [0.25, 0.3) is 0 Å². The average molecular weight is 449 g/mol. The van der Waals surface area contributed by atoms with Crippen molar-refractivity contribution in [2.75, 3.05) is 13.2 Å². The summed E-state index contributed by atoms with van der Waals surface area (Å²) in [6.07, 6.45) is 0.323. The molecule has 2 unspecified atom stereocenters. The Morgan fingerprint density at radius 3 is 2.44 bits per heavy atom. The molecule has 0 saturated heterocycles. The molecule has 2 aliphatic heterocycles. The van der Waals surface area contributed by atoms with Gasteiger partial charge in [-0.2, -0.15) is 5.10 Å². The Morgan fingerprint density at radius 1 is 0.938 bits per heavy atom. The number of fused-ring (bicyclic) bond motifs is 3. The molecule has 0 spiro atoms. The van der Waals surface area contributed by atoms with Gasteiger partial charge < -0.3 is 14.2 Å². The summed E-state index contributed by atoms with van der Waals surface area (Å²) in [5.74, 6) is 2.37. The fourth-order valence-electron chi connectivity index (χ4n) is 4.32. The SMILES string of the molecule is CCOc1ccc(C2=NN3C(C2)c2cccc(OCC)c2OC3c2ccccc2Cl)cc1. The fourth-order valence-corrected chi connectivity index (χ4v) is 4.55. The van der Waals surface area contributed by atoms with Crippen LogP contribution in [0.2, 0.25) is 5.02 Å². The molecule has 0 aromatic heterocycles. The Labute approximate surface area is 193 Å². The predicted molar refractivity (Wildman–Crippen MR) is 126 cm³/mol. The summed E-state index contributed by atoms with van der Waals surface area (Å²) in [7, 11) is 0. The van der Waals surface area contributed by atoms with Crippen LogP contribution in [0, 0.1) is 0 Å². The Kier molecular flexibility index (Phi) is 5.66. The molecular weight excluding hydrogens is 424 g/mol. The van der Waals surface area contributed by atoms with Gasteiger partial charge in [-0.3, -0.25) is 0 Å². The first kappa shape index (κ1) is 20.7. The lowest BCUT2D eigenvalue weighted by Gasteiger charge is -2.39. The van der Waals surface area contributed by atoms with Crippen molar-refractivity contribution in [2.45, 2.75) is 32.5 Å². The van der Waals surface area contributed by atoms with Gasteiger partial charge in [0.25, 0.3) is 0 Å². The van der Waals surface area contributed by atoms with E-state index in [9.17, 15) is 0 Å². The lowest BCUT2D eigenvalue weighted by molar-refractivity contribution is -0.0211. The first-order valence-corrected chi connectivity index (χ1v) is 11.3. The van der Waals surface area contributed by atoms with E-state index in [2.05, 4.69) is 18.2 Å². The van der Waals surface area contributed by atoms with Crippen molar-refractivity contribution in [3.63, 3.8) is 0 Å². The molecule has 3 aromatic carbocycles. The summed E-state index contributed by atoms with van der Waals surface area (Å²) in [6, 6.07) is 21.9. The fraction of sp³-hybridized carbons (Fsp3) is 0.269. The summed E-state index contributed by atoms with van der Waals surface area (Å²) in [6.45, 7) is 5.17. The van der Waals surface area contributed by atoms with Crippen LogP contribution >= 0.6 is 11.6 Å². The number of benzene rings is 3. The molecule has 0 aliphatic carbocycles. The second kappa shape index (κ2) is 8.75. The van der Waals surface area contributed by atoms with Gasteiger partial charge in [0.1, 0.15) is 5.75 Å². The monoisotopic (exact) mass is 448 g/mol. The van der Waals surface area contributed by atoms with Crippen molar-refractivity contribution in [3.05, 3.63) is 88.4 Å². The molecule has 3 aromatic rings. The highest BCUT2D eigenvalue weighted by atomic mass is 35.5. The minimum absolute atomic E-state index is 0.0296. The van der Waals surface area contributed by atoms with Crippen LogP contribution in [0.4, 0.5) is 0 Å². The summed E-state index contributed by atoms with van der Waals surface area (Å²) < 4.78 is 18.0. The van der Waals surface area contributed by atoms with E-state index in [1.54, 1.807) is 0 Å². The third-order valence-corrected chi connectivity index (χ3v) is 6.09. The zero-order chi connectivity index (χ0) is 22.1. The molecule has 2 atom stereocenters.